The lowest BCUT2D eigenvalue weighted by atomic mass is 10.2. The number of hydrazine groups is 1. The van der Waals surface area contributed by atoms with E-state index in [4.69, 9.17) is 4.42 Å². The van der Waals surface area contributed by atoms with E-state index in [0.29, 0.717) is 11.3 Å². The van der Waals surface area contributed by atoms with Gasteiger partial charge in [-0.3, -0.25) is 20.4 Å². The maximum Gasteiger partial charge on any atom is 0.330 e. The number of amides is 2. The Hall–Kier alpha value is -2.57. The van der Waals surface area contributed by atoms with Crippen molar-refractivity contribution in [2.24, 2.45) is 0 Å². The summed E-state index contributed by atoms with van der Waals surface area (Å²) in [5.74, 6) is -1.35. The first kappa shape index (κ1) is 14.5. The Labute approximate surface area is 109 Å². The predicted molar refractivity (Wildman–Crippen MR) is 64.8 cm³/mol. The Kier molecular flexibility index (Phi) is 5.34. The van der Waals surface area contributed by atoms with Crippen LogP contribution >= 0.6 is 0 Å². The Morgan fingerprint density at radius 3 is 2.63 bits per heavy atom. The third-order valence-corrected chi connectivity index (χ3v) is 2.06. The molecule has 1 rings (SSSR count). The summed E-state index contributed by atoms with van der Waals surface area (Å²) in [6.07, 6.45) is 3.29. The highest BCUT2D eigenvalue weighted by molar-refractivity contribution is 5.98. The molecule has 102 valence electrons. The van der Waals surface area contributed by atoms with Crippen molar-refractivity contribution in [2.45, 2.75) is 13.8 Å². The van der Waals surface area contributed by atoms with E-state index in [1.165, 1.54) is 12.3 Å². The highest BCUT2D eigenvalue weighted by atomic mass is 16.5. The minimum Gasteiger partial charge on any atom is -0.469 e. The molecule has 1 aromatic heterocycles. The Balaban J connectivity index is 2.41. The van der Waals surface area contributed by atoms with Crippen molar-refractivity contribution in [3.63, 3.8) is 0 Å². The molecule has 1 heterocycles. The van der Waals surface area contributed by atoms with Crippen molar-refractivity contribution in [3.8, 4) is 0 Å². The maximum atomic E-state index is 11.6. The number of rotatable bonds is 4. The topological polar surface area (TPSA) is 97.6 Å². The van der Waals surface area contributed by atoms with Crippen LogP contribution in [0.25, 0.3) is 0 Å². The molecule has 0 aliphatic carbocycles. The summed E-state index contributed by atoms with van der Waals surface area (Å²) in [5, 5.41) is 0. The molecule has 0 saturated heterocycles. The van der Waals surface area contributed by atoms with E-state index in [1.807, 2.05) is 0 Å². The van der Waals surface area contributed by atoms with Crippen LogP contribution < -0.4 is 10.9 Å². The van der Waals surface area contributed by atoms with E-state index in [2.05, 4.69) is 15.6 Å². The molecule has 0 radical (unpaired) electrons. The molecule has 19 heavy (non-hydrogen) atoms. The zero-order valence-electron chi connectivity index (χ0n) is 10.6. The van der Waals surface area contributed by atoms with E-state index in [9.17, 15) is 14.4 Å². The van der Waals surface area contributed by atoms with Crippen molar-refractivity contribution in [3.05, 3.63) is 35.8 Å². The molecule has 2 amide bonds. The van der Waals surface area contributed by atoms with Gasteiger partial charge in [0.05, 0.1) is 18.4 Å². The first-order valence-corrected chi connectivity index (χ1v) is 5.53. The molecule has 7 heteroatoms. The molecule has 1 aromatic rings. The second-order valence-electron chi connectivity index (χ2n) is 3.42. The van der Waals surface area contributed by atoms with Gasteiger partial charge in [0, 0.05) is 12.2 Å². The summed E-state index contributed by atoms with van der Waals surface area (Å²) >= 11 is 0. The van der Waals surface area contributed by atoms with Gasteiger partial charge >= 0.3 is 5.97 Å². The average molecular weight is 266 g/mol. The van der Waals surface area contributed by atoms with Crippen LogP contribution in [0.2, 0.25) is 0 Å². The first-order valence-electron chi connectivity index (χ1n) is 5.53. The van der Waals surface area contributed by atoms with E-state index >= 15 is 0 Å². The number of furan rings is 1. The molecule has 0 unspecified atom stereocenters. The van der Waals surface area contributed by atoms with Crippen molar-refractivity contribution in [2.75, 3.05) is 6.61 Å². The Morgan fingerprint density at radius 2 is 2.05 bits per heavy atom. The van der Waals surface area contributed by atoms with Crippen LogP contribution in [0.1, 0.15) is 23.0 Å². The molecule has 2 N–H and O–H groups in total. The van der Waals surface area contributed by atoms with Gasteiger partial charge in [0.1, 0.15) is 5.76 Å². The SMILES string of the molecule is CCOC(=O)/C=C/C(=O)NNC(=O)c1ccoc1C. The molecule has 0 aromatic carbocycles. The molecule has 0 aliphatic rings. The van der Waals surface area contributed by atoms with E-state index in [-0.39, 0.29) is 6.61 Å². The Bertz CT molecular complexity index is 504. The number of carbonyl (C=O) groups is 3. The smallest absolute Gasteiger partial charge is 0.330 e. The van der Waals surface area contributed by atoms with Crippen molar-refractivity contribution in [1.82, 2.24) is 10.9 Å². The molecular weight excluding hydrogens is 252 g/mol. The number of nitrogens with one attached hydrogen (secondary N) is 2. The summed E-state index contributed by atoms with van der Waals surface area (Å²) in [6.45, 7) is 3.50. The van der Waals surface area contributed by atoms with Crippen molar-refractivity contribution < 1.29 is 23.5 Å². The van der Waals surface area contributed by atoms with Gasteiger partial charge in [-0.2, -0.15) is 0 Å². The van der Waals surface area contributed by atoms with E-state index in [1.54, 1.807) is 13.8 Å². The van der Waals surface area contributed by atoms with Crippen LogP contribution in [-0.2, 0) is 14.3 Å². The van der Waals surface area contributed by atoms with E-state index in [0.717, 1.165) is 12.2 Å². The van der Waals surface area contributed by atoms with E-state index < -0.39 is 17.8 Å². The van der Waals surface area contributed by atoms with Crippen LogP contribution in [0.5, 0.6) is 0 Å². The normalized spacial score (nSPS) is 10.2. The van der Waals surface area contributed by atoms with Gasteiger partial charge in [-0.1, -0.05) is 0 Å². The third kappa shape index (κ3) is 4.66. The standard InChI is InChI=1S/C12H14N2O5/c1-3-18-11(16)5-4-10(15)13-14-12(17)9-6-7-19-8(9)2/h4-7H,3H2,1-2H3,(H,13,15)(H,14,17)/b5-4+. The molecule has 0 aliphatic heterocycles. The van der Waals surface area contributed by atoms with Gasteiger partial charge in [-0.05, 0) is 19.9 Å². The number of carbonyl (C=O) groups excluding carboxylic acids is 3. The van der Waals surface area contributed by atoms with Crippen molar-refractivity contribution in [1.29, 1.82) is 0 Å². The number of esters is 1. The van der Waals surface area contributed by atoms with Gasteiger partial charge in [-0.25, -0.2) is 4.79 Å². The summed E-state index contributed by atoms with van der Waals surface area (Å²) in [7, 11) is 0. The van der Waals surface area contributed by atoms with Crippen LogP contribution in [0.15, 0.2) is 28.9 Å². The molecular formula is C12H14N2O5. The average Bonchev–Trinajstić information content (AvgIpc) is 2.80. The van der Waals surface area contributed by atoms with Gasteiger partial charge in [0.2, 0.25) is 0 Å². The quantitative estimate of drug-likeness (QED) is 0.469. The summed E-state index contributed by atoms with van der Waals surface area (Å²) < 4.78 is 9.54. The number of ether oxygens (including phenoxy) is 1. The van der Waals surface area contributed by atoms with Gasteiger partial charge in [-0.15, -0.1) is 0 Å². The fraction of sp³-hybridized carbons (Fsp3) is 0.250. The zero-order valence-corrected chi connectivity index (χ0v) is 10.6. The fourth-order valence-corrected chi connectivity index (χ4v) is 1.18. The van der Waals surface area contributed by atoms with Crippen LogP contribution in [0.4, 0.5) is 0 Å². The summed E-state index contributed by atoms with van der Waals surface area (Å²) in [6, 6.07) is 1.48. The third-order valence-electron chi connectivity index (χ3n) is 2.06. The minimum atomic E-state index is -0.650. The maximum absolute atomic E-state index is 11.6. The lowest BCUT2D eigenvalue weighted by Gasteiger charge is -2.03. The fourth-order valence-electron chi connectivity index (χ4n) is 1.18. The molecule has 0 saturated carbocycles. The highest BCUT2D eigenvalue weighted by Gasteiger charge is 2.11. The summed E-state index contributed by atoms with van der Waals surface area (Å²) in [5.41, 5.74) is 4.61. The predicted octanol–water partition coefficient (Wildman–Crippen LogP) is 0.468. The second-order valence-corrected chi connectivity index (χ2v) is 3.42. The Morgan fingerprint density at radius 1 is 1.32 bits per heavy atom. The van der Waals surface area contributed by atoms with Gasteiger partial charge < -0.3 is 9.15 Å². The lowest BCUT2D eigenvalue weighted by Crippen LogP contribution is -2.40. The largest absolute Gasteiger partial charge is 0.469 e. The monoisotopic (exact) mass is 266 g/mol. The van der Waals surface area contributed by atoms with Crippen LogP contribution in [0.3, 0.4) is 0 Å². The molecule has 0 spiro atoms. The van der Waals surface area contributed by atoms with Crippen LogP contribution in [-0.4, -0.2) is 24.4 Å². The van der Waals surface area contributed by atoms with Crippen molar-refractivity contribution >= 4 is 17.8 Å². The van der Waals surface area contributed by atoms with Gasteiger partial charge in [0.15, 0.2) is 0 Å². The lowest BCUT2D eigenvalue weighted by molar-refractivity contribution is -0.137. The molecule has 7 nitrogen and oxygen atoms in total. The molecule has 0 fully saturated rings. The highest BCUT2D eigenvalue weighted by Crippen LogP contribution is 2.07. The number of aryl methyl sites for hydroxylation is 1. The first-order chi connectivity index (χ1) is 9.04. The zero-order chi connectivity index (χ0) is 14.3. The second kappa shape index (κ2) is 7.00. The minimum absolute atomic E-state index is 0.224. The van der Waals surface area contributed by atoms with Crippen LogP contribution in [0, 0.1) is 6.92 Å². The number of hydrogen-bond donors (Lipinski definition) is 2. The molecule has 0 bridgehead atoms. The number of hydrogen-bond acceptors (Lipinski definition) is 5. The molecule has 0 atom stereocenters. The summed E-state index contributed by atoms with van der Waals surface area (Å²) in [4.78, 5) is 33.8. The van der Waals surface area contributed by atoms with Gasteiger partial charge in [0.25, 0.3) is 11.8 Å².